The number of halogens is 2. The number of benzene rings is 2. The highest BCUT2D eigenvalue weighted by atomic mass is 35.5. The Morgan fingerprint density at radius 2 is 1.94 bits per heavy atom. The van der Waals surface area contributed by atoms with Crippen molar-refractivity contribution in [1.29, 1.82) is 0 Å². The first-order valence-electron chi connectivity index (χ1n) is 10.3. The summed E-state index contributed by atoms with van der Waals surface area (Å²) < 4.78 is 0. The summed E-state index contributed by atoms with van der Waals surface area (Å²) in [6.45, 7) is 5.06. The Labute approximate surface area is 193 Å². The number of likely N-dealkylation sites (tertiary alicyclic amines) is 1. The van der Waals surface area contributed by atoms with Crippen molar-refractivity contribution in [3.8, 4) is 5.75 Å². The van der Waals surface area contributed by atoms with Crippen molar-refractivity contribution >= 4 is 35.7 Å². The predicted octanol–water partition coefficient (Wildman–Crippen LogP) is 4.60. The number of piperidine rings is 1. The summed E-state index contributed by atoms with van der Waals surface area (Å²) in [5, 5.41) is 10.0. The molecule has 1 unspecified atom stereocenters. The van der Waals surface area contributed by atoms with E-state index in [0.717, 1.165) is 44.5 Å². The van der Waals surface area contributed by atoms with E-state index in [-0.39, 0.29) is 30.5 Å². The van der Waals surface area contributed by atoms with E-state index >= 15 is 0 Å². The van der Waals surface area contributed by atoms with Crippen molar-refractivity contribution < 1.29 is 19.7 Å². The lowest BCUT2D eigenvalue weighted by atomic mass is 9.84. The third kappa shape index (κ3) is 5.26. The van der Waals surface area contributed by atoms with Crippen LogP contribution in [0.25, 0.3) is 0 Å². The van der Waals surface area contributed by atoms with Gasteiger partial charge in [0.25, 0.3) is 0 Å². The molecule has 0 amide bonds. The van der Waals surface area contributed by atoms with Gasteiger partial charge in [-0.3, -0.25) is 9.69 Å². The van der Waals surface area contributed by atoms with Crippen LogP contribution >= 0.6 is 24.0 Å². The number of rotatable bonds is 5. The van der Waals surface area contributed by atoms with E-state index in [1.807, 2.05) is 0 Å². The second kappa shape index (κ2) is 10.1. The number of anilines is 1. The lowest BCUT2D eigenvalue weighted by molar-refractivity contribution is -0.222. The van der Waals surface area contributed by atoms with Crippen LogP contribution in [0.5, 0.6) is 5.75 Å². The van der Waals surface area contributed by atoms with Gasteiger partial charge < -0.3 is 15.7 Å². The third-order valence-electron chi connectivity index (χ3n) is 6.16. The van der Waals surface area contributed by atoms with Gasteiger partial charge in [0.2, 0.25) is 0 Å². The monoisotopic (exact) mass is 466 g/mol. The highest BCUT2D eigenvalue weighted by molar-refractivity contribution is 6.33. The molecule has 2 aliphatic rings. The fraction of sp³-hybridized carbons (Fsp3) is 0.435. The molecule has 1 atom stereocenters. The van der Waals surface area contributed by atoms with E-state index in [1.165, 1.54) is 11.1 Å². The molecule has 4 rings (SSSR count). The summed E-state index contributed by atoms with van der Waals surface area (Å²) in [6.07, 6.45) is 2.86. The van der Waals surface area contributed by atoms with Crippen molar-refractivity contribution in [2.75, 3.05) is 25.4 Å². The van der Waals surface area contributed by atoms with E-state index in [9.17, 15) is 9.90 Å². The van der Waals surface area contributed by atoms with Crippen LogP contribution in [0, 0.1) is 12.8 Å². The van der Waals surface area contributed by atoms with Crippen LogP contribution in [0.2, 0.25) is 5.02 Å². The first-order valence-corrected chi connectivity index (χ1v) is 10.7. The minimum Gasteiger partial charge on any atom is -0.481 e. The van der Waals surface area contributed by atoms with Crippen LogP contribution in [-0.4, -0.2) is 35.7 Å². The minimum atomic E-state index is -0.949. The molecule has 0 radical (unpaired) electrons. The van der Waals surface area contributed by atoms with Crippen LogP contribution in [-0.2, 0) is 22.6 Å². The number of nitrogen functional groups attached to an aromatic ring is 1. The zero-order chi connectivity index (χ0) is 21.3. The number of hydrogen-bond acceptors (Lipinski definition) is 5. The van der Waals surface area contributed by atoms with Crippen LogP contribution in [0.3, 0.4) is 0 Å². The number of carboxylic acids is 1. The minimum absolute atomic E-state index is 0. The summed E-state index contributed by atoms with van der Waals surface area (Å²) in [4.78, 5) is 24.5. The summed E-state index contributed by atoms with van der Waals surface area (Å²) in [7, 11) is 0. The lowest BCUT2D eigenvalue weighted by Crippen LogP contribution is -2.34. The van der Waals surface area contributed by atoms with E-state index in [4.69, 9.17) is 27.1 Å². The molecular formula is C23H28Cl2N2O4. The largest absolute Gasteiger partial charge is 0.481 e. The quantitative estimate of drug-likeness (QED) is 0.494. The smallest absolute Gasteiger partial charge is 0.313 e. The molecule has 0 aromatic heterocycles. The first kappa shape index (κ1) is 23.7. The molecule has 0 aliphatic carbocycles. The van der Waals surface area contributed by atoms with Crippen molar-refractivity contribution in [3.63, 3.8) is 0 Å². The van der Waals surface area contributed by atoms with Gasteiger partial charge in [-0.05, 0) is 62.4 Å². The predicted molar refractivity (Wildman–Crippen MR) is 123 cm³/mol. The van der Waals surface area contributed by atoms with Gasteiger partial charge in [-0.25, -0.2) is 0 Å². The normalized spacial score (nSPS) is 19.2. The second-order valence-electron chi connectivity index (χ2n) is 8.34. The van der Waals surface area contributed by atoms with Crippen LogP contribution in [0.1, 0.15) is 41.0 Å². The molecule has 0 bridgehead atoms. The lowest BCUT2D eigenvalue weighted by Gasteiger charge is -2.33. The fourth-order valence-electron chi connectivity index (χ4n) is 4.40. The van der Waals surface area contributed by atoms with Gasteiger partial charge in [-0.1, -0.05) is 41.4 Å². The Balaban J connectivity index is 0.00000272. The van der Waals surface area contributed by atoms with E-state index in [1.54, 1.807) is 6.07 Å². The van der Waals surface area contributed by atoms with Crippen molar-refractivity contribution in [2.24, 2.45) is 5.92 Å². The number of carbonyl (C=O) groups is 1. The van der Waals surface area contributed by atoms with Gasteiger partial charge in [0.1, 0.15) is 12.5 Å². The molecule has 31 heavy (non-hydrogen) atoms. The molecule has 6 nitrogen and oxygen atoms in total. The van der Waals surface area contributed by atoms with Gasteiger partial charge in [0, 0.05) is 12.1 Å². The number of aliphatic carboxylic acids is 1. The Morgan fingerprint density at radius 3 is 2.58 bits per heavy atom. The summed E-state index contributed by atoms with van der Waals surface area (Å²) in [5.74, 6) is -1.03. The van der Waals surface area contributed by atoms with E-state index < -0.39 is 11.9 Å². The van der Waals surface area contributed by atoms with Gasteiger partial charge in [-0.15, -0.1) is 12.4 Å². The maximum Gasteiger partial charge on any atom is 0.313 e. The maximum absolute atomic E-state index is 11.8. The highest BCUT2D eigenvalue weighted by Crippen LogP contribution is 2.44. The van der Waals surface area contributed by atoms with Crippen molar-refractivity contribution in [2.45, 2.75) is 38.6 Å². The van der Waals surface area contributed by atoms with Crippen LogP contribution in [0.15, 0.2) is 30.3 Å². The molecule has 1 fully saturated rings. The molecular weight excluding hydrogens is 439 g/mol. The van der Waals surface area contributed by atoms with Gasteiger partial charge in [0.15, 0.2) is 5.75 Å². The van der Waals surface area contributed by atoms with Crippen molar-refractivity contribution in [3.05, 3.63) is 57.6 Å². The maximum atomic E-state index is 11.8. The second-order valence-corrected chi connectivity index (χ2v) is 8.75. The summed E-state index contributed by atoms with van der Waals surface area (Å²) >= 11 is 6.30. The molecule has 2 heterocycles. The number of hydrogen-bond donors (Lipinski definition) is 2. The molecule has 2 aromatic rings. The van der Waals surface area contributed by atoms with Crippen molar-refractivity contribution in [1.82, 2.24) is 4.90 Å². The molecule has 3 N–H and O–H groups in total. The molecule has 8 heteroatoms. The zero-order valence-electron chi connectivity index (χ0n) is 17.5. The number of nitrogens with two attached hydrogens (primary N) is 1. The number of carboxylic acid groups (broad SMARTS) is 1. The molecule has 168 valence electrons. The Kier molecular flexibility index (Phi) is 7.70. The summed E-state index contributed by atoms with van der Waals surface area (Å²) in [6, 6.07) is 10.5. The standard InChI is InChI=1S/C23H27ClN2O4.ClH/c1-14-2-4-16(5-3-14)12-26-8-6-15(7-9-26)10-17-11-19(24)21(25)22-20(17)18(23(27)28)13-29-30-22;/h2-5,11,15,18H,6-10,12-13,25H2,1H3,(H,27,28);1H. The van der Waals surface area contributed by atoms with Crippen LogP contribution < -0.4 is 10.6 Å². The molecule has 2 aromatic carbocycles. The molecule has 0 saturated carbocycles. The average Bonchev–Trinajstić information content (AvgIpc) is 2.74. The summed E-state index contributed by atoms with van der Waals surface area (Å²) in [5.41, 5.74) is 10.4. The number of aryl methyl sites for hydroxylation is 1. The van der Waals surface area contributed by atoms with Gasteiger partial charge >= 0.3 is 5.97 Å². The average molecular weight is 467 g/mol. The van der Waals surface area contributed by atoms with E-state index in [2.05, 4.69) is 36.1 Å². The third-order valence-corrected chi connectivity index (χ3v) is 6.47. The molecule has 1 saturated heterocycles. The number of nitrogens with zero attached hydrogens (tertiary/aromatic N) is 1. The number of fused-ring (bicyclic) bond motifs is 1. The molecule has 0 spiro atoms. The Morgan fingerprint density at radius 1 is 1.26 bits per heavy atom. The highest BCUT2D eigenvalue weighted by Gasteiger charge is 2.35. The van der Waals surface area contributed by atoms with Gasteiger partial charge in [-0.2, -0.15) is 4.89 Å². The molecule has 2 aliphatic heterocycles. The fourth-order valence-corrected chi connectivity index (χ4v) is 4.62. The first-order chi connectivity index (χ1) is 14.4. The SMILES string of the molecule is Cc1ccc(CN2CCC(Cc3cc(Cl)c(N)c4c3C(C(=O)O)COO4)CC2)cc1.Cl. The zero-order valence-corrected chi connectivity index (χ0v) is 19.0. The Hall–Kier alpha value is -1.99. The Bertz CT molecular complexity index is 928. The van der Waals surface area contributed by atoms with Gasteiger partial charge in [0.05, 0.1) is 10.7 Å². The van der Waals surface area contributed by atoms with E-state index in [0.29, 0.717) is 16.5 Å². The topological polar surface area (TPSA) is 85.0 Å². The van der Waals surface area contributed by atoms with Crippen LogP contribution in [0.4, 0.5) is 5.69 Å².